The van der Waals surface area contributed by atoms with E-state index in [0.717, 1.165) is 63.5 Å². The zero-order valence-corrected chi connectivity index (χ0v) is 23.9. The van der Waals surface area contributed by atoms with Crippen molar-refractivity contribution in [3.8, 4) is 33.6 Å². The number of hydrogen-bond acceptors (Lipinski definition) is 4. The van der Waals surface area contributed by atoms with Crippen LogP contribution in [0.5, 0.6) is 0 Å². The zero-order valence-electron chi connectivity index (χ0n) is 23.9. The van der Waals surface area contributed by atoms with Gasteiger partial charge in [0.05, 0.1) is 0 Å². The summed E-state index contributed by atoms with van der Waals surface area (Å²) in [6.07, 6.45) is 3.91. The molecule has 0 bridgehead atoms. The monoisotopic (exact) mass is 555 g/mol. The molecule has 6 aromatic rings. The van der Waals surface area contributed by atoms with Gasteiger partial charge in [-0.15, -0.1) is 0 Å². The lowest BCUT2D eigenvalue weighted by Gasteiger charge is -2.09. The minimum Gasteiger partial charge on any atom is -0.339 e. The van der Waals surface area contributed by atoms with E-state index in [2.05, 4.69) is 83.0 Å². The van der Waals surface area contributed by atoms with Crippen molar-refractivity contribution in [3.05, 3.63) is 109 Å². The number of hydrogen-bond donors (Lipinski definition) is 3. The fourth-order valence-electron chi connectivity index (χ4n) is 5.13. The number of nitrogens with zero attached hydrogens (tertiary/aromatic N) is 4. The van der Waals surface area contributed by atoms with Gasteiger partial charge in [-0.3, -0.25) is 4.68 Å². The quantitative estimate of drug-likeness (QED) is 0.182. The van der Waals surface area contributed by atoms with E-state index in [-0.39, 0.29) is 6.03 Å². The summed E-state index contributed by atoms with van der Waals surface area (Å²) in [5.74, 6) is 0. The van der Waals surface area contributed by atoms with Gasteiger partial charge in [-0.2, -0.15) is 5.10 Å². The van der Waals surface area contributed by atoms with Crippen molar-refractivity contribution in [2.24, 2.45) is 0 Å². The molecule has 0 aliphatic rings. The summed E-state index contributed by atoms with van der Waals surface area (Å²) in [5, 5.41) is 11.8. The maximum Gasteiger partial charge on any atom is 0.323 e. The van der Waals surface area contributed by atoms with E-state index in [9.17, 15) is 4.79 Å². The van der Waals surface area contributed by atoms with Crippen LogP contribution in [0.3, 0.4) is 0 Å². The van der Waals surface area contributed by atoms with Gasteiger partial charge in [0.1, 0.15) is 11.3 Å². The number of rotatable bonds is 8. The Labute approximate surface area is 245 Å². The van der Waals surface area contributed by atoms with Crippen LogP contribution in [0.1, 0.15) is 12.5 Å². The van der Waals surface area contributed by atoms with Gasteiger partial charge in [-0.05, 0) is 74.1 Å². The molecule has 3 heterocycles. The van der Waals surface area contributed by atoms with Crippen LogP contribution in [0.4, 0.5) is 16.2 Å². The smallest absolute Gasteiger partial charge is 0.323 e. The highest BCUT2D eigenvalue weighted by molar-refractivity contribution is 6.01. The van der Waals surface area contributed by atoms with Gasteiger partial charge >= 0.3 is 6.03 Å². The first-order valence-electron chi connectivity index (χ1n) is 14.0. The van der Waals surface area contributed by atoms with Crippen LogP contribution in [0.15, 0.2) is 103 Å². The molecule has 8 nitrogen and oxygen atoms in total. The van der Waals surface area contributed by atoms with Gasteiger partial charge in [0.15, 0.2) is 0 Å². The summed E-state index contributed by atoms with van der Waals surface area (Å²) < 4.78 is 1.94. The van der Waals surface area contributed by atoms with Gasteiger partial charge in [-0.25, -0.2) is 9.78 Å². The average molecular weight is 556 g/mol. The minimum atomic E-state index is -0.303. The number of aryl methyl sites for hydroxylation is 1. The molecular formula is C34H33N7O. The number of nitrogens with one attached hydrogen (secondary N) is 3. The maximum atomic E-state index is 12.6. The number of carbonyl (C=O) groups is 1. The Bertz CT molecular complexity index is 1840. The highest BCUT2D eigenvalue weighted by Gasteiger charge is 2.18. The second-order valence-corrected chi connectivity index (χ2v) is 10.5. The minimum absolute atomic E-state index is 0.303. The molecule has 0 atom stereocenters. The van der Waals surface area contributed by atoms with Crippen LogP contribution in [0, 0.1) is 0 Å². The first-order chi connectivity index (χ1) is 20.5. The Kier molecular flexibility index (Phi) is 7.53. The van der Waals surface area contributed by atoms with Gasteiger partial charge < -0.3 is 20.5 Å². The van der Waals surface area contributed by atoms with Crippen molar-refractivity contribution in [3.63, 3.8) is 0 Å². The van der Waals surface area contributed by atoms with E-state index in [1.807, 2.05) is 71.5 Å². The van der Waals surface area contributed by atoms with Crippen molar-refractivity contribution < 1.29 is 4.79 Å². The van der Waals surface area contributed by atoms with Crippen LogP contribution in [-0.2, 0) is 13.1 Å². The van der Waals surface area contributed by atoms with Crippen molar-refractivity contribution >= 4 is 28.4 Å². The molecule has 3 aromatic carbocycles. The first kappa shape index (κ1) is 27.0. The average Bonchev–Trinajstić information content (AvgIpc) is 3.63. The van der Waals surface area contributed by atoms with Crippen LogP contribution < -0.4 is 10.6 Å². The molecule has 0 aliphatic heterocycles. The molecular weight excluding hydrogens is 522 g/mol. The lowest BCUT2D eigenvalue weighted by atomic mass is 9.99. The van der Waals surface area contributed by atoms with Crippen molar-refractivity contribution in [1.82, 2.24) is 24.6 Å². The number of benzene rings is 3. The first-order valence-corrected chi connectivity index (χ1v) is 14.0. The van der Waals surface area contributed by atoms with E-state index in [4.69, 9.17) is 5.10 Å². The third-order valence-electron chi connectivity index (χ3n) is 7.10. The molecule has 0 fully saturated rings. The lowest BCUT2D eigenvalue weighted by Crippen LogP contribution is -2.19. The summed E-state index contributed by atoms with van der Waals surface area (Å²) in [4.78, 5) is 23.0. The number of aromatic amines is 1. The van der Waals surface area contributed by atoms with Gasteiger partial charge in [-0.1, -0.05) is 54.6 Å². The molecule has 6 rings (SSSR count). The van der Waals surface area contributed by atoms with E-state index in [0.29, 0.717) is 5.69 Å². The van der Waals surface area contributed by atoms with Crippen molar-refractivity contribution in [2.75, 3.05) is 24.7 Å². The Morgan fingerprint density at radius 2 is 1.62 bits per heavy atom. The normalized spacial score (nSPS) is 11.2. The second kappa shape index (κ2) is 11.7. The molecule has 42 heavy (non-hydrogen) atoms. The Morgan fingerprint density at radius 3 is 2.38 bits per heavy atom. The summed E-state index contributed by atoms with van der Waals surface area (Å²) in [7, 11) is 4.15. The Hall–Kier alpha value is -5.21. The van der Waals surface area contributed by atoms with Crippen LogP contribution in [0.25, 0.3) is 44.7 Å². The van der Waals surface area contributed by atoms with Crippen LogP contribution >= 0.6 is 0 Å². The molecule has 0 saturated heterocycles. The standard InChI is InChI=1S/C34H33N7O/c1-4-41-22-30(32(39-41)25-9-8-12-27(19-25)37-34(42)36-26-10-6-5-7-11-26)28-17-18-35-33-29(28)20-31(38-33)24-15-13-23(14-16-24)21-40(2)3/h5-20,22H,4,21H2,1-3H3,(H,35,38)(H2,36,37,42). The molecule has 0 radical (unpaired) electrons. The SMILES string of the molecule is CCn1cc(-c2ccnc3[nH]c(-c4ccc(CN(C)C)cc4)cc23)c(-c2cccc(NC(=O)Nc3ccccc3)c2)n1. The number of anilines is 2. The van der Waals surface area contributed by atoms with E-state index >= 15 is 0 Å². The molecule has 210 valence electrons. The molecule has 8 heteroatoms. The number of urea groups is 1. The molecule has 0 saturated carbocycles. The van der Waals surface area contributed by atoms with Gasteiger partial charge in [0.25, 0.3) is 0 Å². The fourth-order valence-corrected chi connectivity index (χ4v) is 5.13. The maximum absolute atomic E-state index is 12.6. The summed E-state index contributed by atoms with van der Waals surface area (Å²) in [6.45, 7) is 3.70. The summed E-state index contributed by atoms with van der Waals surface area (Å²) in [5.41, 5.74) is 9.42. The predicted molar refractivity (Wildman–Crippen MR) is 170 cm³/mol. The van der Waals surface area contributed by atoms with Gasteiger partial charge in [0.2, 0.25) is 0 Å². The Balaban J connectivity index is 1.33. The highest BCUT2D eigenvalue weighted by Crippen LogP contribution is 2.37. The predicted octanol–water partition coefficient (Wildman–Crippen LogP) is 7.49. The summed E-state index contributed by atoms with van der Waals surface area (Å²) >= 11 is 0. The number of aromatic nitrogens is 4. The summed E-state index contributed by atoms with van der Waals surface area (Å²) in [6, 6.07) is 29.7. The molecule has 2 amide bonds. The number of carbonyl (C=O) groups excluding carboxylic acids is 1. The topological polar surface area (TPSA) is 90.9 Å². The third kappa shape index (κ3) is 5.80. The number of H-pyrrole nitrogens is 1. The van der Waals surface area contributed by atoms with Gasteiger partial charge in [0, 0.05) is 59.1 Å². The molecule has 3 N–H and O–H groups in total. The van der Waals surface area contributed by atoms with Crippen molar-refractivity contribution in [1.29, 1.82) is 0 Å². The number of para-hydroxylation sites is 1. The van der Waals surface area contributed by atoms with Crippen LogP contribution in [0.2, 0.25) is 0 Å². The number of amides is 2. The fraction of sp³-hybridized carbons (Fsp3) is 0.147. The molecule has 0 unspecified atom stereocenters. The molecule has 0 aliphatic carbocycles. The molecule has 0 spiro atoms. The largest absolute Gasteiger partial charge is 0.339 e. The Morgan fingerprint density at radius 1 is 0.857 bits per heavy atom. The lowest BCUT2D eigenvalue weighted by molar-refractivity contribution is 0.262. The number of fused-ring (bicyclic) bond motifs is 1. The number of pyridine rings is 1. The third-order valence-corrected chi connectivity index (χ3v) is 7.10. The van der Waals surface area contributed by atoms with Crippen molar-refractivity contribution in [2.45, 2.75) is 20.0 Å². The van der Waals surface area contributed by atoms with Crippen LogP contribution in [-0.4, -0.2) is 44.8 Å². The van der Waals surface area contributed by atoms with E-state index < -0.39 is 0 Å². The highest BCUT2D eigenvalue weighted by atomic mass is 16.2. The van der Waals surface area contributed by atoms with E-state index in [1.165, 1.54) is 5.56 Å². The molecule has 3 aromatic heterocycles. The zero-order chi connectivity index (χ0) is 29.1. The van der Waals surface area contributed by atoms with E-state index in [1.54, 1.807) is 0 Å². The second-order valence-electron chi connectivity index (χ2n) is 10.5.